The lowest BCUT2D eigenvalue weighted by atomic mass is 10.1. The number of H-pyrrole nitrogens is 1. The predicted molar refractivity (Wildman–Crippen MR) is 91.9 cm³/mol. The summed E-state index contributed by atoms with van der Waals surface area (Å²) in [5.41, 5.74) is 3.91. The zero-order chi connectivity index (χ0) is 15.6. The van der Waals surface area contributed by atoms with Crippen molar-refractivity contribution in [3.05, 3.63) is 52.2 Å². The summed E-state index contributed by atoms with van der Waals surface area (Å²) in [6.45, 7) is 2.26. The number of hydrogen-bond donors (Lipinski definition) is 3. The number of carbonyl (C=O) groups excluding carboxylic acids is 1. The SMILES string of the molecule is O=C(NCCc1csc2ccccc12)c1n[nH]c2c1CNCC2. The second-order valence-corrected chi connectivity index (χ2v) is 6.63. The summed E-state index contributed by atoms with van der Waals surface area (Å²) in [4.78, 5) is 12.4. The van der Waals surface area contributed by atoms with Gasteiger partial charge in [-0.3, -0.25) is 9.89 Å². The minimum Gasteiger partial charge on any atom is -0.350 e. The molecule has 3 N–H and O–H groups in total. The normalized spacial score (nSPS) is 13.9. The number of nitrogens with zero attached hydrogens (tertiary/aromatic N) is 1. The average molecular weight is 326 g/mol. The first-order chi connectivity index (χ1) is 11.3. The second kappa shape index (κ2) is 6.14. The fourth-order valence-electron chi connectivity index (χ4n) is 3.03. The lowest BCUT2D eigenvalue weighted by Gasteiger charge is -2.12. The fourth-order valence-corrected chi connectivity index (χ4v) is 4.03. The van der Waals surface area contributed by atoms with Crippen molar-refractivity contribution in [2.75, 3.05) is 13.1 Å². The molecule has 3 heterocycles. The van der Waals surface area contributed by atoms with Gasteiger partial charge in [-0.25, -0.2) is 0 Å². The van der Waals surface area contributed by atoms with Crippen molar-refractivity contribution in [2.45, 2.75) is 19.4 Å². The molecule has 6 heteroatoms. The molecule has 1 amide bonds. The van der Waals surface area contributed by atoms with E-state index in [-0.39, 0.29) is 5.91 Å². The lowest BCUT2D eigenvalue weighted by Crippen LogP contribution is -2.29. The molecule has 0 spiro atoms. The van der Waals surface area contributed by atoms with E-state index in [4.69, 9.17) is 0 Å². The Bertz CT molecular complexity index is 851. The third-order valence-electron chi connectivity index (χ3n) is 4.26. The first-order valence-corrected chi connectivity index (χ1v) is 8.71. The molecule has 2 aromatic heterocycles. The fraction of sp³-hybridized carbons (Fsp3) is 0.294. The Kier molecular flexibility index (Phi) is 3.85. The van der Waals surface area contributed by atoms with Crippen molar-refractivity contribution in [1.82, 2.24) is 20.8 Å². The molecule has 5 nitrogen and oxygen atoms in total. The summed E-state index contributed by atoms with van der Waals surface area (Å²) in [6.07, 6.45) is 1.73. The maximum Gasteiger partial charge on any atom is 0.272 e. The number of thiophene rings is 1. The van der Waals surface area contributed by atoms with Crippen LogP contribution in [0.5, 0.6) is 0 Å². The van der Waals surface area contributed by atoms with Gasteiger partial charge in [0.05, 0.1) is 0 Å². The van der Waals surface area contributed by atoms with Crippen LogP contribution >= 0.6 is 11.3 Å². The topological polar surface area (TPSA) is 69.8 Å². The summed E-state index contributed by atoms with van der Waals surface area (Å²) in [7, 11) is 0. The van der Waals surface area contributed by atoms with Crippen molar-refractivity contribution >= 4 is 27.3 Å². The van der Waals surface area contributed by atoms with Crippen molar-refractivity contribution in [3.8, 4) is 0 Å². The van der Waals surface area contributed by atoms with E-state index in [1.807, 2.05) is 0 Å². The average Bonchev–Trinajstić information content (AvgIpc) is 3.19. The Morgan fingerprint density at radius 2 is 2.26 bits per heavy atom. The highest BCUT2D eigenvalue weighted by molar-refractivity contribution is 7.17. The largest absolute Gasteiger partial charge is 0.350 e. The third-order valence-corrected chi connectivity index (χ3v) is 5.27. The molecule has 118 valence electrons. The summed E-state index contributed by atoms with van der Waals surface area (Å²) in [5, 5.41) is 16.9. The molecule has 0 bridgehead atoms. The lowest BCUT2D eigenvalue weighted by molar-refractivity contribution is 0.0948. The van der Waals surface area contributed by atoms with E-state index < -0.39 is 0 Å². The van der Waals surface area contributed by atoms with Gasteiger partial charge in [0, 0.05) is 42.0 Å². The molecule has 0 radical (unpaired) electrons. The minimum atomic E-state index is -0.0919. The Balaban J connectivity index is 1.41. The second-order valence-electron chi connectivity index (χ2n) is 5.72. The van der Waals surface area contributed by atoms with Crippen LogP contribution in [0, 0.1) is 0 Å². The molecule has 1 aliphatic heterocycles. The molecule has 0 saturated heterocycles. The number of carbonyl (C=O) groups is 1. The minimum absolute atomic E-state index is 0.0919. The van der Waals surface area contributed by atoms with E-state index in [2.05, 4.69) is 50.5 Å². The van der Waals surface area contributed by atoms with Crippen molar-refractivity contribution in [1.29, 1.82) is 0 Å². The predicted octanol–water partition coefficient (Wildman–Crippen LogP) is 2.24. The van der Waals surface area contributed by atoms with Gasteiger partial charge >= 0.3 is 0 Å². The van der Waals surface area contributed by atoms with E-state index in [1.165, 1.54) is 15.6 Å². The molecule has 0 saturated carbocycles. The maximum atomic E-state index is 12.4. The third kappa shape index (κ3) is 2.75. The number of amides is 1. The highest BCUT2D eigenvalue weighted by Crippen LogP contribution is 2.25. The standard InChI is InChI=1S/C17H18N4OS/c22-17(16-13-9-18-7-6-14(13)20-21-16)19-8-5-11-10-23-15-4-2-1-3-12(11)15/h1-4,10,18H,5-9H2,(H,19,22)(H,20,21). The summed E-state index contributed by atoms with van der Waals surface area (Å²) < 4.78 is 1.29. The Morgan fingerprint density at radius 1 is 1.35 bits per heavy atom. The van der Waals surface area contributed by atoms with Gasteiger partial charge in [-0.2, -0.15) is 5.10 Å². The quantitative estimate of drug-likeness (QED) is 0.689. The van der Waals surface area contributed by atoms with Crippen LogP contribution < -0.4 is 10.6 Å². The first kappa shape index (κ1) is 14.4. The maximum absolute atomic E-state index is 12.4. The monoisotopic (exact) mass is 326 g/mol. The van der Waals surface area contributed by atoms with E-state index in [9.17, 15) is 4.79 Å². The molecular weight excluding hydrogens is 308 g/mol. The van der Waals surface area contributed by atoms with Crippen LogP contribution in [0.4, 0.5) is 0 Å². The number of benzene rings is 1. The number of fused-ring (bicyclic) bond motifs is 2. The molecule has 0 aliphatic carbocycles. The van der Waals surface area contributed by atoms with Crippen LogP contribution in [0.1, 0.15) is 27.3 Å². The molecule has 0 unspecified atom stereocenters. The van der Waals surface area contributed by atoms with Crippen LogP contribution in [0.15, 0.2) is 29.6 Å². The van der Waals surface area contributed by atoms with E-state index in [0.717, 1.165) is 30.6 Å². The van der Waals surface area contributed by atoms with Gasteiger partial charge < -0.3 is 10.6 Å². The highest BCUT2D eigenvalue weighted by atomic mass is 32.1. The molecule has 3 aromatic rings. The number of aromatic amines is 1. The van der Waals surface area contributed by atoms with Crippen LogP contribution in [-0.4, -0.2) is 29.2 Å². The van der Waals surface area contributed by atoms with Gasteiger partial charge in [0.25, 0.3) is 5.91 Å². The van der Waals surface area contributed by atoms with Gasteiger partial charge in [-0.05, 0) is 28.8 Å². The molecule has 1 aromatic carbocycles. The zero-order valence-electron chi connectivity index (χ0n) is 12.7. The van der Waals surface area contributed by atoms with Gasteiger partial charge in [0.15, 0.2) is 5.69 Å². The molecule has 0 fully saturated rings. The van der Waals surface area contributed by atoms with E-state index >= 15 is 0 Å². The Hall–Kier alpha value is -2.18. The number of rotatable bonds is 4. The summed E-state index contributed by atoms with van der Waals surface area (Å²) >= 11 is 1.75. The Labute approximate surface area is 138 Å². The van der Waals surface area contributed by atoms with Gasteiger partial charge in [0.1, 0.15) is 0 Å². The molecule has 1 aliphatic rings. The Morgan fingerprint density at radius 3 is 3.22 bits per heavy atom. The van der Waals surface area contributed by atoms with Crippen molar-refractivity contribution in [2.24, 2.45) is 0 Å². The molecular formula is C17H18N4OS. The van der Waals surface area contributed by atoms with Crippen LogP contribution in [-0.2, 0) is 19.4 Å². The summed E-state index contributed by atoms with van der Waals surface area (Å²) in [5.74, 6) is -0.0919. The molecule has 4 rings (SSSR count). The van der Waals surface area contributed by atoms with E-state index in [0.29, 0.717) is 18.8 Å². The van der Waals surface area contributed by atoms with Crippen LogP contribution in [0.2, 0.25) is 0 Å². The van der Waals surface area contributed by atoms with Crippen molar-refractivity contribution < 1.29 is 4.79 Å². The molecule has 0 atom stereocenters. The first-order valence-electron chi connectivity index (χ1n) is 7.83. The highest BCUT2D eigenvalue weighted by Gasteiger charge is 2.21. The van der Waals surface area contributed by atoms with Crippen molar-refractivity contribution in [3.63, 3.8) is 0 Å². The summed E-state index contributed by atoms with van der Waals surface area (Å²) in [6, 6.07) is 8.38. The number of aromatic nitrogens is 2. The van der Waals surface area contributed by atoms with Gasteiger partial charge in [0.2, 0.25) is 0 Å². The van der Waals surface area contributed by atoms with Crippen LogP contribution in [0.3, 0.4) is 0 Å². The van der Waals surface area contributed by atoms with E-state index in [1.54, 1.807) is 11.3 Å². The zero-order valence-corrected chi connectivity index (χ0v) is 13.5. The smallest absolute Gasteiger partial charge is 0.272 e. The molecule has 23 heavy (non-hydrogen) atoms. The number of hydrogen-bond acceptors (Lipinski definition) is 4. The number of nitrogens with one attached hydrogen (secondary N) is 3. The van der Waals surface area contributed by atoms with Gasteiger partial charge in [-0.1, -0.05) is 18.2 Å². The van der Waals surface area contributed by atoms with Crippen LogP contribution in [0.25, 0.3) is 10.1 Å². The van der Waals surface area contributed by atoms with Gasteiger partial charge in [-0.15, -0.1) is 11.3 Å².